The van der Waals surface area contributed by atoms with Gasteiger partial charge < -0.3 is 5.73 Å². The quantitative estimate of drug-likeness (QED) is 0.815. The fourth-order valence-corrected chi connectivity index (χ4v) is 4.23. The molecule has 100 valence electrons. The zero-order chi connectivity index (χ0) is 13.2. The molecular formula is C16H24BrN. The molecule has 1 saturated carbocycles. The Morgan fingerprint density at radius 3 is 2.28 bits per heavy atom. The highest BCUT2D eigenvalue weighted by Crippen LogP contribution is 2.57. The van der Waals surface area contributed by atoms with Gasteiger partial charge in [0.05, 0.1) is 0 Å². The van der Waals surface area contributed by atoms with Gasteiger partial charge in [-0.2, -0.15) is 0 Å². The number of benzene rings is 1. The van der Waals surface area contributed by atoms with E-state index in [4.69, 9.17) is 5.73 Å². The van der Waals surface area contributed by atoms with E-state index in [-0.39, 0.29) is 5.54 Å². The molecule has 2 rings (SSSR count). The van der Waals surface area contributed by atoms with Crippen LogP contribution in [0, 0.1) is 5.41 Å². The van der Waals surface area contributed by atoms with Gasteiger partial charge in [0.25, 0.3) is 0 Å². The van der Waals surface area contributed by atoms with Crippen LogP contribution in [0.5, 0.6) is 0 Å². The lowest BCUT2D eigenvalue weighted by Crippen LogP contribution is -2.55. The Balaban J connectivity index is 2.13. The lowest BCUT2D eigenvalue weighted by molar-refractivity contribution is 0.00620. The van der Waals surface area contributed by atoms with Crippen LogP contribution in [0.1, 0.15) is 57.9 Å². The maximum absolute atomic E-state index is 6.61. The van der Waals surface area contributed by atoms with Crippen LogP contribution in [0.3, 0.4) is 0 Å². The van der Waals surface area contributed by atoms with Crippen LogP contribution in [-0.2, 0) is 5.54 Å². The van der Waals surface area contributed by atoms with Gasteiger partial charge in [0.1, 0.15) is 0 Å². The molecule has 0 unspecified atom stereocenters. The first-order chi connectivity index (χ1) is 8.53. The van der Waals surface area contributed by atoms with E-state index in [1.807, 2.05) is 0 Å². The van der Waals surface area contributed by atoms with Gasteiger partial charge in [-0.15, -0.1) is 0 Å². The maximum atomic E-state index is 6.61. The number of hydrogen-bond acceptors (Lipinski definition) is 1. The molecule has 0 saturated heterocycles. The summed E-state index contributed by atoms with van der Waals surface area (Å²) in [6, 6.07) is 8.51. The smallest absolute Gasteiger partial charge is 0.0420 e. The van der Waals surface area contributed by atoms with Crippen molar-refractivity contribution >= 4 is 15.9 Å². The molecule has 0 amide bonds. The molecule has 1 aromatic rings. The van der Waals surface area contributed by atoms with E-state index in [0.29, 0.717) is 5.41 Å². The Morgan fingerprint density at radius 1 is 1.17 bits per heavy atom. The molecule has 1 aliphatic rings. The molecule has 1 aromatic carbocycles. The summed E-state index contributed by atoms with van der Waals surface area (Å²) in [4.78, 5) is 0. The van der Waals surface area contributed by atoms with Crippen molar-refractivity contribution < 1.29 is 0 Å². The van der Waals surface area contributed by atoms with E-state index in [9.17, 15) is 0 Å². The summed E-state index contributed by atoms with van der Waals surface area (Å²) < 4.78 is 1.13. The minimum absolute atomic E-state index is 0.0892. The Morgan fingerprint density at radius 2 is 1.78 bits per heavy atom. The zero-order valence-corrected chi connectivity index (χ0v) is 13.1. The fourth-order valence-electron chi connectivity index (χ4n) is 3.83. The number of rotatable bonds is 5. The van der Waals surface area contributed by atoms with Gasteiger partial charge >= 0.3 is 0 Å². The van der Waals surface area contributed by atoms with Crippen LogP contribution in [0.15, 0.2) is 28.7 Å². The predicted molar refractivity (Wildman–Crippen MR) is 81.5 cm³/mol. The van der Waals surface area contributed by atoms with E-state index >= 15 is 0 Å². The van der Waals surface area contributed by atoms with Gasteiger partial charge in [-0.25, -0.2) is 0 Å². The number of hydrogen-bond donors (Lipinski definition) is 1. The monoisotopic (exact) mass is 309 g/mol. The van der Waals surface area contributed by atoms with Crippen molar-refractivity contribution in [3.63, 3.8) is 0 Å². The molecule has 1 fully saturated rings. The van der Waals surface area contributed by atoms with Crippen LogP contribution < -0.4 is 5.73 Å². The first kappa shape index (κ1) is 14.1. The number of nitrogens with two attached hydrogens (primary N) is 1. The van der Waals surface area contributed by atoms with Gasteiger partial charge in [0.2, 0.25) is 0 Å². The van der Waals surface area contributed by atoms with Gasteiger partial charge in [-0.05, 0) is 48.8 Å². The zero-order valence-electron chi connectivity index (χ0n) is 11.5. The van der Waals surface area contributed by atoms with E-state index in [1.54, 1.807) is 0 Å². The summed E-state index contributed by atoms with van der Waals surface area (Å²) in [6.07, 6.45) is 7.50. The van der Waals surface area contributed by atoms with Crippen molar-refractivity contribution in [3.8, 4) is 0 Å². The minimum Gasteiger partial charge on any atom is -0.321 e. The van der Waals surface area contributed by atoms with E-state index in [2.05, 4.69) is 54.0 Å². The molecule has 0 aliphatic heterocycles. The van der Waals surface area contributed by atoms with Crippen molar-refractivity contribution in [1.82, 2.24) is 0 Å². The van der Waals surface area contributed by atoms with Gasteiger partial charge in [0, 0.05) is 10.0 Å². The third-order valence-corrected chi connectivity index (χ3v) is 4.83. The van der Waals surface area contributed by atoms with E-state index in [0.717, 1.165) is 17.3 Å². The molecule has 0 spiro atoms. The molecular weight excluding hydrogens is 286 g/mol. The molecule has 0 heterocycles. The molecule has 0 radical (unpaired) electrons. The van der Waals surface area contributed by atoms with Crippen molar-refractivity contribution in [2.75, 3.05) is 0 Å². The first-order valence-corrected chi connectivity index (χ1v) is 7.88. The van der Waals surface area contributed by atoms with Gasteiger partial charge in [-0.3, -0.25) is 0 Å². The van der Waals surface area contributed by atoms with Crippen molar-refractivity contribution in [2.45, 2.75) is 57.9 Å². The van der Waals surface area contributed by atoms with Crippen molar-refractivity contribution in [3.05, 3.63) is 34.3 Å². The van der Waals surface area contributed by atoms with Crippen LogP contribution in [-0.4, -0.2) is 0 Å². The second-order valence-electron chi connectivity index (χ2n) is 6.02. The standard InChI is InChI=1S/C16H24BrN/c1-3-8-15(9-4-2)11-16(18,12-15)13-6-5-7-14(17)10-13/h5-7,10H,3-4,8-9,11-12,18H2,1-2H3. The summed E-state index contributed by atoms with van der Waals surface area (Å²) in [7, 11) is 0. The second kappa shape index (κ2) is 5.34. The highest BCUT2D eigenvalue weighted by atomic mass is 79.9. The average molecular weight is 310 g/mol. The highest BCUT2D eigenvalue weighted by molar-refractivity contribution is 9.10. The third-order valence-electron chi connectivity index (χ3n) is 4.34. The van der Waals surface area contributed by atoms with E-state index in [1.165, 1.54) is 31.2 Å². The molecule has 0 bridgehead atoms. The summed E-state index contributed by atoms with van der Waals surface area (Å²) >= 11 is 3.54. The molecule has 2 N–H and O–H groups in total. The lowest BCUT2D eigenvalue weighted by Gasteiger charge is -2.55. The Hall–Kier alpha value is -0.340. The maximum Gasteiger partial charge on any atom is 0.0420 e. The van der Waals surface area contributed by atoms with E-state index < -0.39 is 0 Å². The molecule has 1 aliphatic carbocycles. The summed E-state index contributed by atoms with van der Waals surface area (Å²) in [5, 5.41) is 0. The normalized spacial score (nSPS) is 20.4. The van der Waals surface area contributed by atoms with Crippen LogP contribution in [0.2, 0.25) is 0 Å². The molecule has 2 heteroatoms. The SMILES string of the molecule is CCCC1(CCC)CC(N)(c2cccc(Br)c2)C1. The topological polar surface area (TPSA) is 26.0 Å². The van der Waals surface area contributed by atoms with Crippen LogP contribution >= 0.6 is 15.9 Å². The molecule has 0 atom stereocenters. The molecule has 1 nitrogen and oxygen atoms in total. The van der Waals surface area contributed by atoms with Crippen molar-refractivity contribution in [2.24, 2.45) is 11.1 Å². The molecule has 0 aromatic heterocycles. The Kier molecular flexibility index (Phi) is 4.18. The first-order valence-electron chi connectivity index (χ1n) is 7.08. The minimum atomic E-state index is -0.0892. The lowest BCUT2D eigenvalue weighted by atomic mass is 9.52. The van der Waals surface area contributed by atoms with Gasteiger partial charge in [0.15, 0.2) is 0 Å². The third kappa shape index (κ3) is 2.65. The average Bonchev–Trinajstić information content (AvgIpc) is 2.27. The Labute approximate surface area is 119 Å². The van der Waals surface area contributed by atoms with Crippen LogP contribution in [0.4, 0.5) is 0 Å². The summed E-state index contributed by atoms with van der Waals surface area (Å²) in [5.41, 5.74) is 8.33. The predicted octanol–water partition coefficient (Wildman–Crippen LogP) is 4.98. The largest absolute Gasteiger partial charge is 0.321 e. The second-order valence-corrected chi connectivity index (χ2v) is 6.94. The fraction of sp³-hybridized carbons (Fsp3) is 0.625. The van der Waals surface area contributed by atoms with Crippen molar-refractivity contribution in [1.29, 1.82) is 0 Å². The Bertz CT molecular complexity index is 399. The molecule has 18 heavy (non-hydrogen) atoms. The number of halogens is 1. The highest BCUT2D eigenvalue weighted by Gasteiger charge is 2.51. The summed E-state index contributed by atoms with van der Waals surface area (Å²) in [6.45, 7) is 4.57. The van der Waals surface area contributed by atoms with Gasteiger partial charge in [-0.1, -0.05) is 54.8 Å². The van der Waals surface area contributed by atoms with Crippen LogP contribution in [0.25, 0.3) is 0 Å². The summed E-state index contributed by atoms with van der Waals surface area (Å²) in [5.74, 6) is 0.